The number of halogens is 1. The van der Waals surface area contributed by atoms with E-state index in [4.69, 9.17) is 0 Å². The molecule has 1 aliphatic rings. The first kappa shape index (κ1) is 11.0. The van der Waals surface area contributed by atoms with Gasteiger partial charge in [-0.05, 0) is 34.7 Å². The predicted octanol–water partition coefficient (Wildman–Crippen LogP) is 2.45. The summed E-state index contributed by atoms with van der Waals surface area (Å²) in [7, 11) is 0. The molecule has 1 aliphatic carbocycles. The topological polar surface area (TPSA) is 39.3 Å². The highest BCUT2D eigenvalue weighted by atomic mass is 79.9. The summed E-state index contributed by atoms with van der Waals surface area (Å²) in [5.74, 6) is 0.929. The molecule has 0 saturated heterocycles. The Balaban J connectivity index is 1.83. The molecule has 1 fully saturated rings. The van der Waals surface area contributed by atoms with Gasteiger partial charge in [0.15, 0.2) is 0 Å². The van der Waals surface area contributed by atoms with E-state index in [-0.39, 0.29) is 5.56 Å². The number of rotatable bonds is 4. The minimum atomic E-state index is 0.0431. The van der Waals surface area contributed by atoms with E-state index in [1.165, 1.54) is 19.3 Å². The third kappa shape index (κ3) is 2.29. The van der Waals surface area contributed by atoms with Crippen molar-refractivity contribution in [2.45, 2.75) is 32.2 Å². The van der Waals surface area contributed by atoms with Crippen molar-refractivity contribution in [1.29, 1.82) is 0 Å². The lowest BCUT2D eigenvalue weighted by atomic mass is 10.2. The van der Waals surface area contributed by atoms with Crippen LogP contribution in [-0.2, 0) is 6.54 Å². The van der Waals surface area contributed by atoms with Crippen molar-refractivity contribution in [3.8, 4) is 0 Å². The van der Waals surface area contributed by atoms with Gasteiger partial charge < -0.3 is 4.57 Å². The zero-order chi connectivity index (χ0) is 11.8. The van der Waals surface area contributed by atoms with Crippen molar-refractivity contribution in [1.82, 2.24) is 14.2 Å². The number of aromatic nitrogens is 3. The fourth-order valence-electron chi connectivity index (χ4n) is 2.13. The number of hydrogen-bond donors (Lipinski definition) is 0. The maximum Gasteiger partial charge on any atom is 0.276 e. The molecule has 4 nitrogen and oxygen atoms in total. The third-order valence-electron chi connectivity index (χ3n) is 3.28. The molecule has 0 atom stereocenters. The fraction of sp³-hybridized carbons (Fsp3) is 0.500. The molecule has 2 aromatic rings. The summed E-state index contributed by atoms with van der Waals surface area (Å²) >= 11 is 3.28. The smallest absolute Gasteiger partial charge is 0.276 e. The van der Waals surface area contributed by atoms with Gasteiger partial charge in [0.05, 0.1) is 0 Å². The first-order valence-electron chi connectivity index (χ1n) is 5.98. The molecule has 90 valence electrons. The monoisotopic (exact) mass is 295 g/mol. The maximum atomic E-state index is 12.1. The van der Waals surface area contributed by atoms with E-state index in [1.54, 1.807) is 15.1 Å². The van der Waals surface area contributed by atoms with Gasteiger partial charge in [-0.3, -0.25) is 4.79 Å². The number of hydrogen-bond acceptors (Lipinski definition) is 2. The predicted molar refractivity (Wildman–Crippen MR) is 69.1 cm³/mol. The van der Waals surface area contributed by atoms with E-state index in [9.17, 15) is 4.79 Å². The van der Waals surface area contributed by atoms with Crippen molar-refractivity contribution in [3.63, 3.8) is 0 Å². The molecule has 0 aromatic carbocycles. The third-order valence-corrected chi connectivity index (χ3v) is 3.67. The molecule has 0 unspecified atom stereocenters. The Kier molecular flexibility index (Phi) is 2.78. The summed E-state index contributed by atoms with van der Waals surface area (Å²) in [6.45, 7) is 0.814. The van der Waals surface area contributed by atoms with Gasteiger partial charge in [0.2, 0.25) is 0 Å². The molecule has 0 radical (unpaired) electrons. The van der Waals surface area contributed by atoms with Gasteiger partial charge in [0, 0.05) is 25.0 Å². The maximum absolute atomic E-state index is 12.1. The quantitative estimate of drug-likeness (QED) is 0.869. The average molecular weight is 296 g/mol. The molecule has 17 heavy (non-hydrogen) atoms. The normalized spacial score (nSPS) is 15.6. The number of aryl methyl sites for hydroxylation is 1. The Bertz CT molecular complexity index is 597. The van der Waals surface area contributed by atoms with Crippen molar-refractivity contribution in [3.05, 3.63) is 33.4 Å². The average Bonchev–Trinajstić information content (AvgIpc) is 3.03. The molecular weight excluding hydrogens is 282 g/mol. The second-order valence-electron chi connectivity index (χ2n) is 4.68. The van der Waals surface area contributed by atoms with Gasteiger partial charge in [0.1, 0.15) is 10.1 Å². The highest BCUT2D eigenvalue weighted by Gasteiger charge is 2.20. The summed E-state index contributed by atoms with van der Waals surface area (Å²) in [4.78, 5) is 12.1. The zero-order valence-electron chi connectivity index (χ0n) is 9.47. The first-order valence-corrected chi connectivity index (χ1v) is 6.77. The standard InChI is InChI=1S/C12H14BrN3O/c13-11-8-10-12(17)15(6-7-16(10)14-11)5-1-2-9-3-4-9/h6-9H,1-5H2. The molecule has 0 spiro atoms. The lowest BCUT2D eigenvalue weighted by Crippen LogP contribution is -2.21. The molecule has 0 bridgehead atoms. The summed E-state index contributed by atoms with van der Waals surface area (Å²) in [5, 5.41) is 4.15. The van der Waals surface area contributed by atoms with E-state index in [0.29, 0.717) is 10.1 Å². The Morgan fingerprint density at radius 2 is 2.24 bits per heavy atom. The molecule has 0 amide bonds. The van der Waals surface area contributed by atoms with Crippen LogP contribution in [0.15, 0.2) is 27.9 Å². The van der Waals surface area contributed by atoms with Crippen molar-refractivity contribution in [2.75, 3.05) is 0 Å². The molecule has 2 aromatic heterocycles. The highest BCUT2D eigenvalue weighted by molar-refractivity contribution is 9.10. The Labute approximate surface area is 107 Å². The van der Waals surface area contributed by atoms with Crippen LogP contribution in [0.2, 0.25) is 0 Å². The summed E-state index contributed by atoms with van der Waals surface area (Å²) < 4.78 is 4.10. The molecule has 0 aliphatic heterocycles. The van der Waals surface area contributed by atoms with E-state index >= 15 is 0 Å². The SMILES string of the molecule is O=c1c2cc(Br)nn2ccn1CCCC1CC1. The van der Waals surface area contributed by atoms with Crippen LogP contribution in [0, 0.1) is 5.92 Å². The van der Waals surface area contributed by atoms with Crippen LogP contribution in [-0.4, -0.2) is 14.2 Å². The van der Waals surface area contributed by atoms with Gasteiger partial charge in [-0.15, -0.1) is 0 Å². The number of nitrogens with zero attached hydrogens (tertiary/aromatic N) is 3. The fourth-order valence-corrected chi connectivity index (χ4v) is 2.52. The van der Waals surface area contributed by atoms with E-state index in [1.807, 2.05) is 12.4 Å². The lowest BCUT2D eigenvalue weighted by Gasteiger charge is -2.05. The molecule has 0 N–H and O–H groups in total. The first-order chi connectivity index (χ1) is 8.24. The van der Waals surface area contributed by atoms with Crippen molar-refractivity contribution >= 4 is 21.4 Å². The van der Waals surface area contributed by atoms with E-state index < -0.39 is 0 Å². The number of fused-ring (bicyclic) bond motifs is 1. The largest absolute Gasteiger partial charge is 0.312 e. The van der Waals surface area contributed by atoms with Crippen molar-refractivity contribution in [2.24, 2.45) is 5.92 Å². The van der Waals surface area contributed by atoms with Gasteiger partial charge in [-0.2, -0.15) is 5.10 Å². The molecule has 1 saturated carbocycles. The molecular formula is C12H14BrN3O. The second kappa shape index (κ2) is 4.29. The lowest BCUT2D eigenvalue weighted by molar-refractivity contribution is 0.563. The Morgan fingerprint density at radius 3 is 3.00 bits per heavy atom. The molecule has 2 heterocycles. The Morgan fingerprint density at radius 1 is 1.41 bits per heavy atom. The van der Waals surface area contributed by atoms with Gasteiger partial charge in [0.25, 0.3) is 5.56 Å². The van der Waals surface area contributed by atoms with E-state index in [2.05, 4.69) is 21.0 Å². The molecule has 5 heteroatoms. The molecule has 3 rings (SSSR count). The van der Waals surface area contributed by atoms with Crippen LogP contribution in [0.4, 0.5) is 0 Å². The van der Waals surface area contributed by atoms with E-state index in [0.717, 1.165) is 18.9 Å². The van der Waals surface area contributed by atoms with Gasteiger partial charge >= 0.3 is 0 Å². The minimum Gasteiger partial charge on any atom is -0.312 e. The van der Waals surface area contributed by atoms with Crippen LogP contribution in [0.1, 0.15) is 25.7 Å². The zero-order valence-corrected chi connectivity index (χ0v) is 11.1. The van der Waals surface area contributed by atoms with Gasteiger partial charge in [-0.25, -0.2) is 4.52 Å². The van der Waals surface area contributed by atoms with Crippen LogP contribution in [0.25, 0.3) is 5.52 Å². The summed E-state index contributed by atoms with van der Waals surface area (Å²) in [5.41, 5.74) is 0.673. The van der Waals surface area contributed by atoms with Gasteiger partial charge in [-0.1, -0.05) is 12.8 Å². The Hall–Kier alpha value is -1.10. The minimum absolute atomic E-state index is 0.0431. The summed E-state index contributed by atoms with van der Waals surface area (Å²) in [6, 6.07) is 1.76. The van der Waals surface area contributed by atoms with Crippen LogP contribution >= 0.6 is 15.9 Å². The summed E-state index contributed by atoms with van der Waals surface area (Å²) in [6.07, 6.45) is 8.75. The van der Waals surface area contributed by atoms with Crippen LogP contribution in [0.5, 0.6) is 0 Å². The highest BCUT2D eigenvalue weighted by Crippen LogP contribution is 2.33. The van der Waals surface area contributed by atoms with Crippen molar-refractivity contribution < 1.29 is 0 Å². The van der Waals surface area contributed by atoms with Crippen LogP contribution < -0.4 is 5.56 Å². The van der Waals surface area contributed by atoms with Crippen LogP contribution in [0.3, 0.4) is 0 Å². The second-order valence-corrected chi connectivity index (χ2v) is 5.49.